The molecule has 0 aromatic heterocycles. The van der Waals surface area contributed by atoms with Crippen LogP contribution < -0.4 is 10.3 Å². The minimum absolute atomic E-state index is 0.0507. The van der Waals surface area contributed by atoms with Crippen molar-refractivity contribution in [3.05, 3.63) is 64.7 Å². The average Bonchev–Trinajstić information content (AvgIpc) is 2.66. The number of fused-ring (bicyclic) bond motifs is 1. The summed E-state index contributed by atoms with van der Waals surface area (Å²) >= 11 is 0. The molecule has 0 unspecified atom stereocenters. The lowest BCUT2D eigenvalue weighted by Crippen LogP contribution is -2.51. The van der Waals surface area contributed by atoms with E-state index in [1.54, 1.807) is 0 Å². The van der Waals surface area contributed by atoms with Crippen LogP contribution in [0.5, 0.6) is 0 Å². The molecule has 0 bridgehead atoms. The van der Waals surface area contributed by atoms with Crippen molar-refractivity contribution in [3.8, 4) is 0 Å². The first-order chi connectivity index (χ1) is 14.4. The molecular formula is C24H28F3N3O. The van der Waals surface area contributed by atoms with Crippen molar-refractivity contribution in [1.82, 2.24) is 5.43 Å². The summed E-state index contributed by atoms with van der Waals surface area (Å²) in [4.78, 5) is 14.6. The molecule has 0 fully saturated rings. The fourth-order valence-electron chi connectivity index (χ4n) is 4.59. The summed E-state index contributed by atoms with van der Waals surface area (Å²) in [5.74, 6) is -0.325. The number of anilines is 1. The molecule has 0 saturated carbocycles. The van der Waals surface area contributed by atoms with Crippen LogP contribution in [-0.4, -0.2) is 23.7 Å². The molecular weight excluding hydrogens is 403 g/mol. The quantitative estimate of drug-likeness (QED) is 0.479. The van der Waals surface area contributed by atoms with Crippen molar-refractivity contribution < 1.29 is 18.0 Å². The Morgan fingerprint density at radius 2 is 1.94 bits per heavy atom. The number of hydrazone groups is 1. The third-order valence-electron chi connectivity index (χ3n) is 5.65. The van der Waals surface area contributed by atoms with Crippen LogP contribution in [0.1, 0.15) is 74.0 Å². The zero-order chi connectivity index (χ0) is 23.0. The number of rotatable bonds is 4. The normalized spacial score (nSPS) is 18.4. The van der Waals surface area contributed by atoms with Gasteiger partial charge in [-0.15, -0.1) is 0 Å². The van der Waals surface area contributed by atoms with E-state index in [2.05, 4.69) is 62.2 Å². The molecule has 1 N–H and O–H groups in total. The van der Waals surface area contributed by atoms with Gasteiger partial charge in [0.15, 0.2) is 0 Å². The molecule has 2 aromatic carbocycles. The van der Waals surface area contributed by atoms with Gasteiger partial charge < -0.3 is 4.90 Å². The highest BCUT2D eigenvalue weighted by Crippen LogP contribution is 2.44. The number of carbonyl (C=O) groups excluding carboxylic acids is 1. The van der Waals surface area contributed by atoms with Crippen LogP contribution in [-0.2, 0) is 6.18 Å². The van der Waals surface area contributed by atoms with E-state index in [0.717, 1.165) is 24.1 Å². The summed E-state index contributed by atoms with van der Waals surface area (Å²) in [6, 6.07) is 10.7. The summed E-state index contributed by atoms with van der Waals surface area (Å²) in [5, 5.41) is 3.95. The van der Waals surface area contributed by atoms with Crippen LogP contribution >= 0.6 is 0 Å². The minimum Gasteiger partial charge on any atom is -0.364 e. The van der Waals surface area contributed by atoms with Gasteiger partial charge in [0.05, 0.1) is 11.8 Å². The molecule has 1 amide bonds. The molecule has 1 heterocycles. The molecule has 0 aliphatic carbocycles. The van der Waals surface area contributed by atoms with Gasteiger partial charge in [-0.3, -0.25) is 4.79 Å². The Hall–Kier alpha value is -2.83. The van der Waals surface area contributed by atoms with E-state index in [4.69, 9.17) is 0 Å². The second-order valence-corrected chi connectivity index (χ2v) is 8.98. The Morgan fingerprint density at radius 3 is 2.58 bits per heavy atom. The third-order valence-corrected chi connectivity index (χ3v) is 5.65. The fourth-order valence-corrected chi connectivity index (χ4v) is 4.59. The van der Waals surface area contributed by atoms with Crippen LogP contribution in [0.2, 0.25) is 0 Å². The molecule has 3 rings (SSSR count). The molecule has 1 aliphatic rings. The summed E-state index contributed by atoms with van der Waals surface area (Å²) in [5.41, 5.74) is 4.63. The van der Waals surface area contributed by atoms with Gasteiger partial charge in [0.1, 0.15) is 0 Å². The van der Waals surface area contributed by atoms with Gasteiger partial charge in [0.25, 0.3) is 5.91 Å². The zero-order valence-electron chi connectivity index (χ0n) is 18.4. The van der Waals surface area contributed by atoms with Crippen LogP contribution in [0.15, 0.2) is 47.6 Å². The molecule has 1 atom stereocenters. The van der Waals surface area contributed by atoms with Gasteiger partial charge in [0.2, 0.25) is 0 Å². The molecule has 166 valence electrons. The van der Waals surface area contributed by atoms with E-state index < -0.39 is 17.6 Å². The maximum absolute atomic E-state index is 12.8. The first-order valence-electron chi connectivity index (χ1n) is 10.3. The Balaban J connectivity index is 1.77. The summed E-state index contributed by atoms with van der Waals surface area (Å²) < 4.78 is 38.5. The third kappa shape index (κ3) is 4.92. The number of nitrogens with one attached hydrogen (secondary N) is 1. The molecule has 7 heteroatoms. The molecule has 4 nitrogen and oxygen atoms in total. The highest BCUT2D eigenvalue weighted by molar-refractivity contribution is 5.95. The van der Waals surface area contributed by atoms with Gasteiger partial charge in [-0.1, -0.05) is 19.1 Å². The van der Waals surface area contributed by atoms with Crippen LogP contribution in [0.4, 0.5) is 18.9 Å². The van der Waals surface area contributed by atoms with Gasteiger partial charge >= 0.3 is 6.18 Å². The summed E-state index contributed by atoms with van der Waals surface area (Å²) in [6.45, 7) is 11.1. The van der Waals surface area contributed by atoms with E-state index >= 15 is 0 Å². The second kappa shape index (κ2) is 8.36. The van der Waals surface area contributed by atoms with E-state index in [1.807, 2.05) is 6.07 Å². The van der Waals surface area contributed by atoms with Crippen LogP contribution in [0.3, 0.4) is 0 Å². The van der Waals surface area contributed by atoms with E-state index in [1.165, 1.54) is 29.6 Å². The van der Waals surface area contributed by atoms with Crippen molar-refractivity contribution in [2.24, 2.45) is 5.10 Å². The fraction of sp³-hybridized carbons (Fsp3) is 0.417. The average molecular weight is 432 g/mol. The van der Waals surface area contributed by atoms with E-state index in [9.17, 15) is 18.0 Å². The number of halogens is 3. The lowest BCUT2D eigenvalue weighted by atomic mass is 9.79. The maximum atomic E-state index is 12.8. The Kier molecular flexibility index (Phi) is 6.16. The number of hydrogen-bond donors (Lipinski definition) is 1. The topological polar surface area (TPSA) is 44.7 Å². The van der Waals surface area contributed by atoms with Crippen molar-refractivity contribution in [3.63, 3.8) is 0 Å². The number of carbonyl (C=O) groups is 1. The lowest BCUT2D eigenvalue weighted by molar-refractivity contribution is -0.137. The van der Waals surface area contributed by atoms with Gasteiger partial charge in [-0.05, 0) is 81.5 Å². The smallest absolute Gasteiger partial charge is 0.364 e. The Bertz CT molecular complexity index is 996. The molecule has 0 saturated heterocycles. The number of alkyl halides is 3. The molecule has 2 aromatic rings. The van der Waals surface area contributed by atoms with Crippen molar-refractivity contribution in [2.45, 2.75) is 64.7 Å². The predicted molar refractivity (Wildman–Crippen MR) is 118 cm³/mol. The maximum Gasteiger partial charge on any atom is 0.416 e. The van der Waals surface area contributed by atoms with Crippen LogP contribution in [0.25, 0.3) is 0 Å². The van der Waals surface area contributed by atoms with Crippen molar-refractivity contribution >= 4 is 17.8 Å². The second-order valence-electron chi connectivity index (χ2n) is 8.98. The summed E-state index contributed by atoms with van der Waals surface area (Å²) in [6.07, 6.45) is -1.97. The molecule has 1 aliphatic heterocycles. The van der Waals surface area contributed by atoms with Crippen LogP contribution in [0, 0.1) is 0 Å². The molecule has 31 heavy (non-hydrogen) atoms. The number of hydrogen-bond acceptors (Lipinski definition) is 3. The first kappa shape index (κ1) is 22.8. The summed E-state index contributed by atoms with van der Waals surface area (Å²) in [7, 11) is 0. The number of amides is 1. The lowest BCUT2D eigenvalue weighted by Gasteiger charge is -2.50. The predicted octanol–water partition coefficient (Wildman–Crippen LogP) is 5.97. The Labute approximate surface area is 181 Å². The van der Waals surface area contributed by atoms with E-state index in [-0.39, 0.29) is 11.1 Å². The molecule has 0 radical (unpaired) electrons. The first-order valence-corrected chi connectivity index (χ1v) is 10.3. The Morgan fingerprint density at radius 1 is 1.23 bits per heavy atom. The largest absolute Gasteiger partial charge is 0.416 e. The minimum atomic E-state index is -4.50. The standard InChI is InChI=1S/C24H28F3N3O/c1-15(2)30-21-10-9-17(11-20(21)16(3)13-23(30,4)5)14-28-29-22(31)18-7-6-8-19(12-18)24(25,26)27/h6-12,14-16H,13H2,1-5H3,(H,29,31)/b28-14-/t16-/m0/s1. The van der Waals surface area contributed by atoms with Crippen molar-refractivity contribution in [2.75, 3.05) is 4.90 Å². The molecule has 0 spiro atoms. The highest BCUT2D eigenvalue weighted by atomic mass is 19.4. The number of nitrogens with zero attached hydrogens (tertiary/aromatic N) is 2. The van der Waals surface area contributed by atoms with E-state index in [0.29, 0.717) is 12.0 Å². The number of benzene rings is 2. The monoisotopic (exact) mass is 431 g/mol. The van der Waals surface area contributed by atoms with Gasteiger partial charge in [-0.25, -0.2) is 5.43 Å². The SMILES string of the molecule is CC(C)N1c2ccc(/C=N\NC(=O)c3cccc(C(F)(F)F)c3)cc2[C@@H](C)CC1(C)C. The zero-order valence-corrected chi connectivity index (χ0v) is 18.4. The highest BCUT2D eigenvalue weighted by Gasteiger charge is 2.37. The van der Waals surface area contributed by atoms with Crippen molar-refractivity contribution in [1.29, 1.82) is 0 Å². The van der Waals surface area contributed by atoms with Gasteiger partial charge in [0, 0.05) is 22.8 Å². The van der Waals surface area contributed by atoms with Gasteiger partial charge in [-0.2, -0.15) is 18.3 Å².